The van der Waals surface area contributed by atoms with Crippen LogP contribution in [0, 0.1) is 0 Å². The fourth-order valence-corrected chi connectivity index (χ4v) is 1.71. The van der Waals surface area contributed by atoms with Gasteiger partial charge in [0.2, 0.25) is 0 Å². The highest BCUT2D eigenvalue weighted by Gasteiger charge is 2.07. The van der Waals surface area contributed by atoms with Crippen LogP contribution in [-0.2, 0) is 0 Å². The Morgan fingerprint density at radius 1 is 1.06 bits per heavy atom. The van der Waals surface area contributed by atoms with E-state index in [1.54, 1.807) is 18.3 Å². The van der Waals surface area contributed by atoms with Gasteiger partial charge in [-0.3, -0.25) is 9.89 Å². The number of para-hydroxylation sites is 1. The predicted octanol–water partition coefficient (Wildman–Crippen LogP) is 1.71. The smallest absolute Gasteiger partial charge is 0.280 e. The Morgan fingerprint density at radius 3 is 2.62 bits per heavy atom. The first-order valence-electron chi connectivity index (χ1n) is 4.97. The number of rotatable bonds is 1. The molecule has 0 saturated carbocycles. The van der Waals surface area contributed by atoms with Gasteiger partial charge in [0.05, 0.1) is 10.9 Å². The first kappa shape index (κ1) is 8.91. The minimum absolute atomic E-state index is 0.0747. The van der Waals surface area contributed by atoms with Crippen molar-refractivity contribution in [3.8, 4) is 5.82 Å². The molecule has 0 saturated heterocycles. The second-order valence-electron chi connectivity index (χ2n) is 3.49. The molecule has 0 spiro atoms. The standard InChI is InChI=1S/C12H9N3O/c16-12-9-5-1-2-6-10(9)14-15(12)11-7-3-4-8-13-11/h1-8,14H. The second kappa shape index (κ2) is 3.34. The highest BCUT2D eigenvalue weighted by Crippen LogP contribution is 2.08. The summed E-state index contributed by atoms with van der Waals surface area (Å²) in [6.45, 7) is 0. The minimum Gasteiger partial charge on any atom is -0.289 e. The van der Waals surface area contributed by atoms with Crippen LogP contribution in [0.4, 0.5) is 0 Å². The van der Waals surface area contributed by atoms with E-state index >= 15 is 0 Å². The number of aromatic nitrogens is 3. The van der Waals surface area contributed by atoms with Gasteiger partial charge in [-0.1, -0.05) is 18.2 Å². The maximum absolute atomic E-state index is 12.0. The normalized spacial score (nSPS) is 10.8. The summed E-state index contributed by atoms with van der Waals surface area (Å²) >= 11 is 0. The van der Waals surface area contributed by atoms with E-state index in [0.717, 1.165) is 5.52 Å². The van der Waals surface area contributed by atoms with Crippen LogP contribution >= 0.6 is 0 Å². The zero-order valence-corrected chi connectivity index (χ0v) is 8.42. The number of pyridine rings is 1. The molecule has 0 radical (unpaired) electrons. The van der Waals surface area contributed by atoms with Crippen molar-refractivity contribution in [1.82, 2.24) is 14.8 Å². The zero-order valence-electron chi connectivity index (χ0n) is 8.42. The number of fused-ring (bicyclic) bond motifs is 1. The Kier molecular flexibility index (Phi) is 1.86. The van der Waals surface area contributed by atoms with Crippen molar-refractivity contribution < 1.29 is 0 Å². The maximum atomic E-state index is 12.0. The monoisotopic (exact) mass is 211 g/mol. The minimum atomic E-state index is -0.0747. The molecule has 78 valence electrons. The van der Waals surface area contributed by atoms with Crippen LogP contribution in [-0.4, -0.2) is 14.8 Å². The summed E-state index contributed by atoms with van der Waals surface area (Å²) in [4.78, 5) is 16.2. The number of hydrogen-bond donors (Lipinski definition) is 1. The molecular formula is C12H9N3O. The largest absolute Gasteiger partial charge is 0.289 e. The van der Waals surface area contributed by atoms with E-state index in [1.807, 2.05) is 30.3 Å². The van der Waals surface area contributed by atoms with E-state index in [9.17, 15) is 4.79 Å². The Hall–Kier alpha value is -2.36. The Balaban J connectivity index is 2.34. The van der Waals surface area contributed by atoms with Gasteiger partial charge in [0, 0.05) is 6.20 Å². The molecule has 3 aromatic rings. The van der Waals surface area contributed by atoms with Crippen molar-refractivity contribution in [3.05, 3.63) is 59.0 Å². The molecule has 2 aromatic heterocycles. The van der Waals surface area contributed by atoms with Gasteiger partial charge in [-0.15, -0.1) is 0 Å². The van der Waals surface area contributed by atoms with E-state index in [-0.39, 0.29) is 5.56 Å². The summed E-state index contributed by atoms with van der Waals surface area (Å²) in [5.41, 5.74) is 0.743. The molecule has 0 unspecified atom stereocenters. The van der Waals surface area contributed by atoms with Gasteiger partial charge in [0.1, 0.15) is 0 Å². The van der Waals surface area contributed by atoms with E-state index in [4.69, 9.17) is 0 Å². The molecule has 0 atom stereocenters. The fraction of sp³-hybridized carbons (Fsp3) is 0. The Labute approximate surface area is 91.2 Å². The van der Waals surface area contributed by atoms with Crippen molar-refractivity contribution in [2.45, 2.75) is 0 Å². The Bertz CT molecular complexity index is 682. The van der Waals surface area contributed by atoms with Crippen LogP contribution in [0.15, 0.2) is 53.5 Å². The third-order valence-electron chi connectivity index (χ3n) is 2.47. The molecule has 0 bridgehead atoms. The van der Waals surface area contributed by atoms with Gasteiger partial charge >= 0.3 is 0 Å². The van der Waals surface area contributed by atoms with Crippen molar-refractivity contribution in [1.29, 1.82) is 0 Å². The van der Waals surface area contributed by atoms with Crippen LogP contribution in [0.3, 0.4) is 0 Å². The molecule has 0 aliphatic heterocycles. The molecular weight excluding hydrogens is 202 g/mol. The molecule has 4 nitrogen and oxygen atoms in total. The van der Waals surface area contributed by atoms with Gasteiger partial charge in [0.15, 0.2) is 5.82 Å². The summed E-state index contributed by atoms with van der Waals surface area (Å²) in [5, 5.41) is 3.70. The van der Waals surface area contributed by atoms with Gasteiger partial charge in [-0.25, -0.2) is 9.67 Å². The molecule has 0 aliphatic carbocycles. The molecule has 4 heteroatoms. The maximum Gasteiger partial charge on any atom is 0.280 e. The lowest BCUT2D eigenvalue weighted by Crippen LogP contribution is -2.15. The van der Waals surface area contributed by atoms with Crippen LogP contribution in [0.5, 0.6) is 0 Å². The average molecular weight is 211 g/mol. The van der Waals surface area contributed by atoms with Crippen molar-refractivity contribution in [3.63, 3.8) is 0 Å². The van der Waals surface area contributed by atoms with Crippen molar-refractivity contribution in [2.75, 3.05) is 0 Å². The lowest BCUT2D eigenvalue weighted by Gasteiger charge is -1.97. The number of nitrogens with zero attached hydrogens (tertiary/aromatic N) is 2. The number of nitrogens with one attached hydrogen (secondary N) is 1. The molecule has 3 rings (SSSR count). The molecule has 16 heavy (non-hydrogen) atoms. The van der Waals surface area contributed by atoms with Gasteiger partial charge in [-0.05, 0) is 24.3 Å². The van der Waals surface area contributed by atoms with E-state index in [0.29, 0.717) is 11.2 Å². The fourth-order valence-electron chi connectivity index (χ4n) is 1.71. The van der Waals surface area contributed by atoms with Crippen molar-refractivity contribution >= 4 is 10.9 Å². The lowest BCUT2D eigenvalue weighted by molar-refractivity contribution is 0.831. The van der Waals surface area contributed by atoms with Gasteiger partial charge in [-0.2, -0.15) is 0 Å². The topological polar surface area (TPSA) is 50.7 Å². The zero-order chi connectivity index (χ0) is 11.0. The van der Waals surface area contributed by atoms with E-state index in [2.05, 4.69) is 10.1 Å². The Morgan fingerprint density at radius 2 is 1.88 bits per heavy atom. The van der Waals surface area contributed by atoms with Gasteiger partial charge < -0.3 is 0 Å². The lowest BCUT2D eigenvalue weighted by atomic mass is 10.3. The molecule has 1 aromatic carbocycles. The summed E-state index contributed by atoms with van der Waals surface area (Å²) in [7, 11) is 0. The molecule has 0 fully saturated rings. The van der Waals surface area contributed by atoms with Crippen LogP contribution < -0.4 is 5.56 Å². The van der Waals surface area contributed by atoms with Crippen molar-refractivity contribution in [2.24, 2.45) is 0 Å². The third-order valence-corrected chi connectivity index (χ3v) is 2.47. The number of benzene rings is 1. The number of aromatic amines is 1. The summed E-state index contributed by atoms with van der Waals surface area (Å²) in [6, 6.07) is 12.9. The van der Waals surface area contributed by atoms with Crippen LogP contribution in [0.1, 0.15) is 0 Å². The van der Waals surface area contributed by atoms with Crippen LogP contribution in [0.25, 0.3) is 16.7 Å². The summed E-state index contributed by atoms with van der Waals surface area (Å²) in [6.07, 6.45) is 1.66. The highest BCUT2D eigenvalue weighted by atomic mass is 16.1. The SMILES string of the molecule is O=c1c2ccccc2[nH]n1-c1ccccn1. The molecule has 2 heterocycles. The predicted molar refractivity (Wildman–Crippen MR) is 61.7 cm³/mol. The van der Waals surface area contributed by atoms with Crippen LogP contribution in [0.2, 0.25) is 0 Å². The summed E-state index contributed by atoms with van der Waals surface area (Å²) in [5.74, 6) is 0.601. The average Bonchev–Trinajstić information content (AvgIpc) is 2.69. The van der Waals surface area contributed by atoms with E-state index < -0.39 is 0 Å². The van der Waals surface area contributed by atoms with E-state index in [1.165, 1.54) is 4.68 Å². The quantitative estimate of drug-likeness (QED) is 0.666. The first-order valence-corrected chi connectivity index (χ1v) is 4.97. The highest BCUT2D eigenvalue weighted by molar-refractivity contribution is 5.78. The number of H-pyrrole nitrogens is 1. The second-order valence-corrected chi connectivity index (χ2v) is 3.49. The first-order chi connectivity index (χ1) is 7.86. The summed E-state index contributed by atoms with van der Waals surface area (Å²) < 4.78 is 1.45. The third kappa shape index (κ3) is 1.24. The molecule has 1 N–H and O–H groups in total. The molecule has 0 aliphatic rings. The molecule has 0 amide bonds. The van der Waals surface area contributed by atoms with Gasteiger partial charge in [0.25, 0.3) is 5.56 Å². The number of hydrogen-bond acceptors (Lipinski definition) is 2.